The highest BCUT2D eigenvalue weighted by atomic mass is 16.5. The van der Waals surface area contributed by atoms with Crippen LogP contribution in [-0.2, 0) is 4.74 Å². The molecule has 0 amide bonds. The quantitative estimate of drug-likeness (QED) is 0.662. The predicted molar refractivity (Wildman–Crippen MR) is 66.5 cm³/mol. The number of anilines is 1. The van der Waals surface area contributed by atoms with Crippen molar-refractivity contribution in [2.45, 2.75) is 0 Å². The summed E-state index contributed by atoms with van der Waals surface area (Å²) in [4.78, 5) is 15.2. The molecule has 5 nitrogen and oxygen atoms in total. The van der Waals surface area contributed by atoms with Gasteiger partial charge in [0.05, 0.1) is 12.7 Å². The lowest BCUT2D eigenvalue weighted by atomic mass is 10.3. The summed E-state index contributed by atoms with van der Waals surface area (Å²) >= 11 is 0. The van der Waals surface area contributed by atoms with Crippen LogP contribution in [0.1, 0.15) is 10.4 Å². The monoisotopic (exact) mass is 244 g/mol. The summed E-state index contributed by atoms with van der Waals surface area (Å²) in [6, 6.07) is 10.1. The Bertz CT molecular complexity index is 535. The Balaban J connectivity index is 2.10. The van der Waals surface area contributed by atoms with Crippen molar-refractivity contribution in [2.24, 2.45) is 0 Å². The smallest absolute Gasteiger partial charge is 0.339 e. The SMILES string of the molecule is COC(=O)c1ccc(Oc2ccc(N)cc2)nc1. The van der Waals surface area contributed by atoms with Gasteiger partial charge in [-0.2, -0.15) is 0 Å². The first-order chi connectivity index (χ1) is 8.69. The molecule has 0 atom stereocenters. The van der Waals surface area contributed by atoms with Crippen molar-refractivity contribution >= 4 is 11.7 Å². The Morgan fingerprint density at radius 3 is 2.44 bits per heavy atom. The third kappa shape index (κ3) is 2.76. The van der Waals surface area contributed by atoms with Crippen LogP contribution in [-0.4, -0.2) is 18.1 Å². The summed E-state index contributed by atoms with van der Waals surface area (Å²) in [7, 11) is 1.32. The molecule has 0 unspecified atom stereocenters. The zero-order valence-electron chi connectivity index (χ0n) is 9.79. The van der Waals surface area contributed by atoms with Crippen LogP contribution >= 0.6 is 0 Å². The van der Waals surface area contributed by atoms with E-state index in [1.807, 2.05) is 0 Å². The van der Waals surface area contributed by atoms with Gasteiger partial charge in [-0.05, 0) is 30.3 Å². The van der Waals surface area contributed by atoms with Gasteiger partial charge < -0.3 is 15.2 Å². The van der Waals surface area contributed by atoms with E-state index in [0.717, 1.165) is 0 Å². The Kier molecular flexibility index (Phi) is 3.43. The molecule has 1 heterocycles. The van der Waals surface area contributed by atoms with Crippen LogP contribution in [0.3, 0.4) is 0 Å². The van der Waals surface area contributed by atoms with Gasteiger partial charge in [-0.25, -0.2) is 9.78 Å². The van der Waals surface area contributed by atoms with Crippen molar-refractivity contribution in [3.05, 3.63) is 48.2 Å². The summed E-state index contributed by atoms with van der Waals surface area (Å²) in [5, 5.41) is 0. The van der Waals surface area contributed by atoms with Crippen LogP contribution in [0.4, 0.5) is 5.69 Å². The van der Waals surface area contributed by atoms with Crippen LogP contribution in [0.15, 0.2) is 42.6 Å². The number of rotatable bonds is 3. The van der Waals surface area contributed by atoms with Gasteiger partial charge >= 0.3 is 5.97 Å². The number of hydrogen-bond acceptors (Lipinski definition) is 5. The molecule has 1 aromatic heterocycles. The van der Waals surface area contributed by atoms with E-state index in [0.29, 0.717) is 22.9 Å². The molecule has 0 saturated carbocycles. The Morgan fingerprint density at radius 2 is 1.89 bits per heavy atom. The van der Waals surface area contributed by atoms with Crippen molar-refractivity contribution in [3.63, 3.8) is 0 Å². The lowest BCUT2D eigenvalue weighted by Gasteiger charge is -2.05. The number of methoxy groups -OCH3 is 1. The van der Waals surface area contributed by atoms with Crippen LogP contribution in [0, 0.1) is 0 Å². The predicted octanol–water partition coefficient (Wildman–Crippen LogP) is 2.24. The van der Waals surface area contributed by atoms with E-state index in [2.05, 4.69) is 9.72 Å². The number of carbonyl (C=O) groups excluding carboxylic acids is 1. The second-order valence-corrected chi connectivity index (χ2v) is 3.55. The zero-order valence-corrected chi connectivity index (χ0v) is 9.79. The highest BCUT2D eigenvalue weighted by Crippen LogP contribution is 2.20. The van der Waals surface area contributed by atoms with E-state index in [9.17, 15) is 4.79 Å². The van der Waals surface area contributed by atoms with Crippen molar-refractivity contribution in [1.29, 1.82) is 0 Å². The molecule has 0 bridgehead atoms. The normalized spacial score (nSPS) is 9.83. The van der Waals surface area contributed by atoms with E-state index < -0.39 is 5.97 Å². The fourth-order valence-electron chi connectivity index (χ4n) is 1.34. The summed E-state index contributed by atoms with van der Waals surface area (Å²) in [6.07, 6.45) is 1.40. The largest absolute Gasteiger partial charge is 0.465 e. The van der Waals surface area contributed by atoms with Crippen LogP contribution < -0.4 is 10.5 Å². The molecule has 18 heavy (non-hydrogen) atoms. The second kappa shape index (κ2) is 5.18. The lowest BCUT2D eigenvalue weighted by Crippen LogP contribution is -2.01. The zero-order chi connectivity index (χ0) is 13.0. The Morgan fingerprint density at radius 1 is 1.17 bits per heavy atom. The number of carbonyl (C=O) groups is 1. The van der Waals surface area contributed by atoms with Crippen molar-refractivity contribution < 1.29 is 14.3 Å². The fourth-order valence-corrected chi connectivity index (χ4v) is 1.34. The molecule has 0 saturated heterocycles. The minimum Gasteiger partial charge on any atom is -0.465 e. The van der Waals surface area contributed by atoms with Crippen LogP contribution in [0.25, 0.3) is 0 Å². The molecule has 92 valence electrons. The number of aromatic nitrogens is 1. The number of pyridine rings is 1. The molecule has 0 spiro atoms. The Hall–Kier alpha value is -2.56. The first kappa shape index (κ1) is 11.9. The van der Waals surface area contributed by atoms with Gasteiger partial charge in [0.25, 0.3) is 0 Å². The molecule has 1 aromatic carbocycles. The van der Waals surface area contributed by atoms with Gasteiger partial charge in [0, 0.05) is 18.0 Å². The lowest BCUT2D eigenvalue weighted by molar-refractivity contribution is 0.0600. The van der Waals surface area contributed by atoms with Gasteiger partial charge in [0.2, 0.25) is 5.88 Å². The van der Waals surface area contributed by atoms with Gasteiger partial charge in [0.15, 0.2) is 0 Å². The Labute approximate surface area is 104 Å². The molecule has 0 aliphatic carbocycles. The van der Waals surface area contributed by atoms with E-state index in [1.54, 1.807) is 36.4 Å². The van der Waals surface area contributed by atoms with Crippen LogP contribution in [0.2, 0.25) is 0 Å². The molecular formula is C13H12N2O3. The number of benzene rings is 1. The summed E-state index contributed by atoms with van der Waals surface area (Å²) in [5.74, 6) is 0.594. The number of ether oxygens (including phenoxy) is 2. The minimum absolute atomic E-state index is 0.377. The van der Waals surface area contributed by atoms with E-state index in [1.165, 1.54) is 13.3 Å². The van der Waals surface area contributed by atoms with Crippen LogP contribution in [0.5, 0.6) is 11.6 Å². The average molecular weight is 244 g/mol. The van der Waals surface area contributed by atoms with E-state index in [4.69, 9.17) is 10.5 Å². The maximum absolute atomic E-state index is 11.2. The van der Waals surface area contributed by atoms with E-state index in [-0.39, 0.29) is 0 Å². The van der Waals surface area contributed by atoms with E-state index >= 15 is 0 Å². The molecule has 2 N–H and O–H groups in total. The maximum atomic E-state index is 11.2. The highest BCUT2D eigenvalue weighted by Gasteiger charge is 2.06. The van der Waals surface area contributed by atoms with Gasteiger partial charge in [-0.3, -0.25) is 0 Å². The minimum atomic E-state index is -0.429. The molecule has 0 radical (unpaired) electrons. The molecule has 2 aromatic rings. The number of esters is 1. The topological polar surface area (TPSA) is 74.4 Å². The third-order valence-electron chi connectivity index (χ3n) is 2.26. The number of nitrogen functional groups attached to an aromatic ring is 1. The third-order valence-corrected chi connectivity index (χ3v) is 2.26. The average Bonchev–Trinajstić information content (AvgIpc) is 2.41. The molecule has 5 heteroatoms. The second-order valence-electron chi connectivity index (χ2n) is 3.55. The first-order valence-electron chi connectivity index (χ1n) is 5.27. The molecule has 0 fully saturated rings. The number of nitrogens with two attached hydrogens (primary N) is 1. The first-order valence-corrected chi connectivity index (χ1v) is 5.27. The molecular weight excluding hydrogens is 232 g/mol. The molecule has 0 aliphatic rings. The summed E-state index contributed by atoms with van der Waals surface area (Å²) < 4.78 is 10.1. The van der Waals surface area contributed by atoms with Gasteiger partial charge in [-0.15, -0.1) is 0 Å². The van der Waals surface area contributed by atoms with Crippen molar-refractivity contribution in [3.8, 4) is 11.6 Å². The molecule has 0 aliphatic heterocycles. The number of nitrogens with zero attached hydrogens (tertiary/aromatic N) is 1. The number of hydrogen-bond donors (Lipinski definition) is 1. The summed E-state index contributed by atoms with van der Waals surface area (Å²) in [6.45, 7) is 0. The van der Waals surface area contributed by atoms with Gasteiger partial charge in [-0.1, -0.05) is 0 Å². The maximum Gasteiger partial charge on any atom is 0.339 e. The standard InChI is InChI=1S/C13H12N2O3/c1-17-13(16)9-2-7-12(15-8-9)18-11-5-3-10(14)4-6-11/h2-8H,14H2,1H3. The summed E-state index contributed by atoms with van der Waals surface area (Å²) in [5.41, 5.74) is 6.61. The van der Waals surface area contributed by atoms with Crippen molar-refractivity contribution in [2.75, 3.05) is 12.8 Å². The van der Waals surface area contributed by atoms with Gasteiger partial charge in [0.1, 0.15) is 5.75 Å². The highest BCUT2D eigenvalue weighted by molar-refractivity contribution is 5.88. The van der Waals surface area contributed by atoms with Crippen molar-refractivity contribution in [1.82, 2.24) is 4.98 Å². The fraction of sp³-hybridized carbons (Fsp3) is 0.0769. The molecule has 2 rings (SSSR count).